The fraction of sp³-hybridized carbons (Fsp3) is 0.211. The third kappa shape index (κ3) is 6.15. The van der Waals surface area contributed by atoms with Gasteiger partial charge in [-0.3, -0.25) is 19.5 Å². The highest BCUT2D eigenvalue weighted by atomic mass is 35.5. The Bertz CT molecular complexity index is 1200. The average molecular weight is 520 g/mol. The van der Waals surface area contributed by atoms with Crippen molar-refractivity contribution < 1.29 is 22.9 Å². The van der Waals surface area contributed by atoms with E-state index in [-0.39, 0.29) is 28.9 Å². The van der Waals surface area contributed by atoms with Crippen molar-refractivity contribution in [2.45, 2.75) is 29.6 Å². The molecule has 0 aliphatic rings. The summed E-state index contributed by atoms with van der Waals surface area (Å²) in [5.41, 5.74) is -1.43. The van der Waals surface area contributed by atoms with Crippen molar-refractivity contribution in [1.29, 1.82) is 0 Å². The molecule has 0 saturated carbocycles. The van der Waals surface area contributed by atoms with Gasteiger partial charge in [-0.25, -0.2) is 0 Å². The first-order valence-electron chi connectivity index (χ1n) is 9.14. The number of aromatic nitrogens is 3. The van der Waals surface area contributed by atoms with Crippen LogP contribution in [0.4, 0.5) is 18.9 Å². The summed E-state index contributed by atoms with van der Waals surface area (Å²) in [4.78, 5) is 21.7. The maximum Gasteiger partial charge on any atom is 0.416 e. The molecule has 2 aromatic carbocycles. The van der Waals surface area contributed by atoms with Gasteiger partial charge in [0, 0.05) is 36.0 Å². The summed E-state index contributed by atoms with van der Waals surface area (Å²) in [5, 5.41) is 22.9. The Labute approximate surface area is 199 Å². The molecule has 0 aliphatic heterocycles. The number of halogens is 5. The van der Waals surface area contributed by atoms with Crippen LogP contribution in [0.5, 0.6) is 0 Å². The van der Waals surface area contributed by atoms with Crippen LogP contribution in [0.1, 0.15) is 18.3 Å². The Morgan fingerprint density at radius 1 is 1.18 bits per heavy atom. The zero-order chi connectivity index (χ0) is 24.3. The Hall–Kier alpha value is -2.83. The van der Waals surface area contributed by atoms with Crippen LogP contribution in [0.2, 0.25) is 10.0 Å². The van der Waals surface area contributed by atoms with Gasteiger partial charge in [-0.05, 0) is 42.1 Å². The second-order valence-electron chi connectivity index (χ2n) is 6.63. The standard InChI is InChI=1S/C19H14Cl2F3N5O3S/c1-10(30)25-5-4-17-26-27-18(28(17)14-8-12(20)7-13(21)9-14)33-16-3-2-11(19(22,23)24)6-15(16)29(31)32/h2-3,6-9H,4-5H2,1H3,(H,25,30). The number of carbonyl (C=O) groups is 1. The summed E-state index contributed by atoms with van der Waals surface area (Å²) in [6.45, 7) is 1.58. The molecule has 0 bridgehead atoms. The molecule has 0 fully saturated rings. The highest BCUT2D eigenvalue weighted by Crippen LogP contribution is 2.39. The largest absolute Gasteiger partial charge is 0.416 e. The molecule has 3 rings (SSSR count). The monoisotopic (exact) mass is 519 g/mol. The van der Waals surface area contributed by atoms with Gasteiger partial charge in [0.15, 0.2) is 0 Å². The van der Waals surface area contributed by atoms with Gasteiger partial charge < -0.3 is 5.32 Å². The maximum absolute atomic E-state index is 13.0. The van der Waals surface area contributed by atoms with Crippen molar-refractivity contribution in [2.24, 2.45) is 0 Å². The van der Waals surface area contributed by atoms with E-state index >= 15 is 0 Å². The summed E-state index contributed by atoms with van der Waals surface area (Å²) < 4.78 is 40.6. The van der Waals surface area contributed by atoms with E-state index in [1.807, 2.05) is 0 Å². The minimum Gasteiger partial charge on any atom is -0.356 e. The number of carbonyl (C=O) groups excluding carboxylic acids is 1. The fourth-order valence-corrected chi connectivity index (χ4v) is 4.30. The van der Waals surface area contributed by atoms with Gasteiger partial charge in [-0.2, -0.15) is 13.2 Å². The quantitative estimate of drug-likeness (QED) is 0.334. The van der Waals surface area contributed by atoms with E-state index in [9.17, 15) is 28.1 Å². The topological polar surface area (TPSA) is 103 Å². The van der Waals surface area contributed by atoms with Crippen LogP contribution in [0.25, 0.3) is 5.69 Å². The third-order valence-corrected chi connectivity index (χ3v) is 5.66. The van der Waals surface area contributed by atoms with Gasteiger partial charge in [0.1, 0.15) is 5.82 Å². The van der Waals surface area contributed by atoms with Crippen LogP contribution in [-0.4, -0.2) is 32.1 Å². The van der Waals surface area contributed by atoms with Gasteiger partial charge in [0.05, 0.1) is 21.1 Å². The maximum atomic E-state index is 13.0. The highest BCUT2D eigenvalue weighted by Gasteiger charge is 2.33. The van der Waals surface area contributed by atoms with Gasteiger partial charge in [-0.1, -0.05) is 23.2 Å². The molecule has 1 heterocycles. The van der Waals surface area contributed by atoms with E-state index < -0.39 is 22.4 Å². The van der Waals surface area contributed by atoms with Crippen molar-refractivity contribution in [3.8, 4) is 5.69 Å². The lowest BCUT2D eigenvalue weighted by Gasteiger charge is -2.12. The molecule has 1 N–H and O–H groups in total. The summed E-state index contributed by atoms with van der Waals surface area (Å²) in [6.07, 6.45) is -4.49. The molecule has 8 nitrogen and oxygen atoms in total. The van der Waals surface area contributed by atoms with Crippen molar-refractivity contribution in [3.63, 3.8) is 0 Å². The second-order valence-corrected chi connectivity index (χ2v) is 8.52. The number of nitro groups is 1. The Kier molecular flexibility index (Phi) is 7.50. The van der Waals surface area contributed by atoms with Gasteiger partial charge in [0.2, 0.25) is 11.1 Å². The average Bonchev–Trinajstić information content (AvgIpc) is 3.08. The molecule has 0 saturated heterocycles. The zero-order valence-electron chi connectivity index (χ0n) is 16.7. The van der Waals surface area contributed by atoms with Crippen molar-refractivity contribution >= 4 is 46.6 Å². The lowest BCUT2D eigenvalue weighted by Crippen LogP contribution is -2.23. The number of nitrogens with zero attached hydrogens (tertiary/aromatic N) is 4. The van der Waals surface area contributed by atoms with E-state index in [2.05, 4.69) is 15.5 Å². The molecule has 0 radical (unpaired) electrons. The van der Waals surface area contributed by atoms with Crippen LogP contribution in [0, 0.1) is 10.1 Å². The van der Waals surface area contributed by atoms with Crippen molar-refractivity contribution in [2.75, 3.05) is 6.54 Å². The summed E-state index contributed by atoms with van der Waals surface area (Å²) in [6, 6.07) is 6.85. The normalized spacial score (nSPS) is 11.5. The summed E-state index contributed by atoms with van der Waals surface area (Å²) in [5.74, 6) is 0.126. The predicted octanol–water partition coefficient (Wildman–Crippen LogP) is 5.33. The molecular weight excluding hydrogens is 506 g/mol. The SMILES string of the molecule is CC(=O)NCCc1nnc(Sc2ccc(C(F)(F)F)cc2[N+](=O)[O-])n1-c1cc(Cl)cc(Cl)c1. The minimum absolute atomic E-state index is 0.0665. The Morgan fingerprint density at radius 2 is 1.85 bits per heavy atom. The molecule has 0 aliphatic carbocycles. The fourth-order valence-electron chi connectivity index (χ4n) is 2.83. The molecule has 0 atom stereocenters. The number of amides is 1. The third-order valence-electron chi connectivity index (χ3n) is 4.21. The van der Waals surface area contributed by atoms with E-state index in [1.54, 1.807) is 12.1 Å². The van der Waals surface area contributed by atoms with Gasteiger partial charge in [0.25, 0.3) is 5.69 Å². The van der Waals surface area contributed by atoms with E-state index in [1.165, 1.54) is 17.6 Å². The number of alkyl halides is 3. The van der Waals surface area contributed by atoms with Crippen LogP contribution < -0.4 is 5.32 Å². The zero-order valence-corrected chi connectivity index (χ0v) is 19.0. The highest BCUT2D eigenvalue weighted by molar-refractivity contribution is 7.99. The lowest BCUT2D eigenvalue weighted by atomic mass is 10.2. The number of nitro benzene ring substituents is 1. The van der Waals surface area contributed by atoms with Gasteiger partial charge >= 0.3 is 6.18 Å². The first-order chi connectivity index (χ1) is 15.5. The molecular formula is C19H14Cl2F3N5O3S. The second kappa shape index (κ2) is 9.98. The number of hydrogen-bond donors (Lipinski definition) is 1. The number of hydrogen-bond acceptors (Lipinski definition) is 6. The Morgan fingerprint density at radius 3 is 2.42 bits per heavy atom. The van der Waals surface area contributed by atoms with Crippen LogP contribution >= 0.6 is 35.0 Å². The molecule has 1 amide bonds. The molecule has 3 aromatic rings. The van der Waals surface area contributed by atoms with Crippen LogP contribution in [0.3, 0.4) is 0 Å². The van der Waals surface area contributed by atoms with Crippen LogP contribution in [0.15, 0.2) is 46.5 Å². The lowest BCUT2D eigenvalue weighted by molar-refractivity contribution is -0.388. The summed E-state index contributed by atoms with van der Waals surface area (Å²) >= 11 is 13.0. The first kappa shape index (κ1) is 24.8. The van der Waals surface area contributed by atoms with E-state index in [4.69, 9.17) is 23.2 Å². The van der Waals surface area contributed by atoms with Crippen molar-refractivity contribution in [3.05, 3.63) is 67.9 Å². The first-order valence-corrected chi connectivity index (χ1v) is 10.7. The van der Waals surface area contributed by atoms with Gasteiger partial charge in [-0.15, -0.1) is 10.2 Å². The smallest absolute Gasteiger partial charge is 0.356 e. The molecule has 174 valence electrons. The minimum atomic E-state index is -4.73. The molecule has 1 aromatic heterocycles. The summed E-state index contributed by atoms with van der Waals surface area (Å²) in [7, 11) is 0. The van der Waals surface area contributed by atoms with Crippen molar-refractivity contribution in [1.82, 2.24) is 20.1 Å². The molecule has 14 heteroatoms. The molecule has 0 unspecified atom stereocenters. The number of rotatable bonds is 7. The van der Waals surface area contributed by atoms with Crippen LogP contribution in [-0.2, 0) is 17.4 Å². The Balaban J connectivity index is 2.07. The molecule has 33 heavy (non-hydrogen) atoms. The number of benzene rings is 2. The molecule has 0 spiro atoms. The van der Waals surface area contributed by atoms with E-state index in [0.29, 0.717) is 27.6 Å². The van der Waals surface area contributed by atoms with E-state index in [0.717, 1.165) is 23.9 Å². The predicted molar refractivity (Wildman–Crippen MR) is 116 cm³/mol. The number of nitrogens with one attached hydrogen (secondary N) is 1.